The normalized spacial score (nSPS) is 9.94. The van der Waals surface area contributed by atoms with E-state index in [1.807, 2.05) is 6.07 Å². The SMILES string of the molecule is COCCN(CCC#N)C(=O)c1cncn1C. The van der Waals surface area contributed by atoms with E-state index in [0.29, 0.717) is 31.8 Å². The number of aromatic nitrogens is 2. The summed E-state index contributed by atoms with van der Waals surface area (Å²) in [4.78, 5) is 17.6. The van der Waals surface area contributed by atoms with Gasteiger partial charge in [-0.3, -0.25) is 4.79 Å². The minimum Gasteiger partial charge on any atom is -0.383 e. The lowest BCUT2D eigenvalue weighted by atomic mass is 10.3. The Morgan fingerprint density at radius 2 is 2.41 bits per heavy atom. The molecule has 0 aliphatic carbocycles. The lowest BCUT2D eigenvalue weighted by Gasteiger charge is -2.21. The molecule has 0 aromatic carbocycles. The third-order valence-corrected chi connectivity index (χ3v) is 2.38. The maximum atomic E-state index is 12.1. The van der Waals surface area contributed by atoms with E-state index in [2.05, 4.69) is 4.98 Å². The lowest BCUT2D eigenvalue weighted by molar-refractivity contribution is 0.0690. The van der Waals surface area contributed by atoms with Gasteiger partial charge in [0.1, 0.15) is 5.69 Å². The second kappa shape index (κ2) is 6.66. The molecule has 0 bridgehead atoms. The topological polar surface area (TPSA) is 71.2 Å². The Morgan fingerprint density at radius 3 is 2.94 bits per heavy atom. The van der Waals surface area contributed by atoms with Crippen LogP contribution in [0.4, 0.5) is 0 Å². The van der Waals surface area contributed by atoms with E-state index < -0.39 is 0 Å². The molecule has 0 atom stereocenters. The Morgan fingerprint density at radius 1 is 1.65 bits per heavy atom. The fraction of sp³-hybridized carbons (Fsp3) is 0.545. The second-order valence-electron chi connectivity index (χ2n) is 3.58. The monoisotopic (exact) mass is 236 g/mol. The molecule has 0 saturated carbocycles. The van der Waals surface area contributed by atoms with Gasteiger partial charge in [0.05, 0.1) is 31.6 Å². The van der Waals surface area contributed by atoms with Crippen LogP contribution in [0.1, 0.15) is 16.9 Å². The average molecular weight is 236 g/mol. The van der Waals surface area contributed by atoms with Crippen molar-refractivity contribution in [1.29, 1.82) is 5.26 Å². The van der Waals surface area contributed by atoms with Gasteiger partial charge in [0.15, 0.2) is 0 Å². The smallest absolute Gasteiger partial charge is 0.272 e. The summed E-state index contributed by atoms with van der Waals surface area (Å²) in [5, 5.41) is 8.57. The average Bonchev–Trinajstić information content (AvgIpc) is 2.75. The number of carbonyl (C=O) groups is 1. The maximum Gasteiger partial charge on any atom is 0.272 e. The van der Waals surface area contributed by atoms with E-state index >= 15 is 0 Å². The number of hydrogen-bond acceptors (Lipinski definition) is 4. The number of nitrogens with zero attached hydrogens (tertiary/aromatic N) is 4. The number of carbonyl (C=O) groups excluding carboxylic acids is 1. The number of methoxy groups -OCH3 is 1. The van der Waals surface area contributed by atoms with Crippen LogP contribution in [-0.2, 0) is 11.8 Å². The summed E-state index contributed by atoms with van der Waals surface area (Å²) < 4.78 is 6.61. The van der Waals surface area contributed by atoms with Crippen LogP contribution in [0.15, 0.2) is 12.5 Å². The van der Waals surface area contributed by atoms with Crippen molar-refractivity contribution in [3.05, 3.63) is 18.2 Å². The molecule has 0 fully saturated rings. The molecule has 1 rings (SSSR count). The zero-order chi connectivity index (χ0) is 12.7. The van der Waals surface area contributed by atoms with Gasteiger partial charge in [-0.25, -0.2) is 4.98 Å². The van der Waals surface area contributed by atoms with Crippen molar-refractivity contribution in [3.63, 3.8) is 0 Å². The zero-order valence-electron chi connectivity index (χ0n) is 10.1. The fourth-order valence-corrected chi connectivity index (χ4v) is 1.43. The first kappa shape index (κ1) is 13.2. The Balaban J connectivity index is 2.72. The van der Waals surface area contributed by atoms with Gasteiger partial charge < -0.3 is 14.2 Å². The predicted octanol–water partition coefficient (Wildman–Crippen LogP) is 0.422. The molecule has 0 spiro atoms. The Labute approximate surface area is 100 Å². The second-order valence-corrected chi connectivity index (χ2v) is 3.58. The molecule has 0 saturated heterocycles. The highest BCUT2D eigenvalue weighted by molar-refractivity contribution is 5.92. The predicted molar refractivity (Wildman–Crippen MR) is 61.2 cm³/mol. The van der Waals surface area contributed by atoms with Gasteiger partial charge in [-0.15, -0.1) is 0 Å². The van der Waals surface area contributed by atoms with Gasteiger partial charge >= 0.3 is 0 Å². The molecule has 0 unspecified atom stereocenters. The molecule has 1 aromatic heterocycles. The van der Waals surface area contributed by atoms with E-state index in [1.165, 1.54) is 6.20 Å². The minimum absolute atomic E-state index is 0.127. The molecular weight excluding hydrogens is 220 g/mol. The first-order valence-electron chi connectivity index (χ1n) is 5.32. The Hall–Kier alpha value is -1.87. The van der Waals surface area contributed by atoms with Crippen LogP contribution in [0, 0.1) is 11.3 Å². The number of imidazole rings is 1. The highest BCUT2D eigenvalue weighted by Crippen LogP contribution is 2.04. The summed E-state index contributed by atoms with van der Waals surface area (Å²) in [5.74, 6) is -0.127. The molecule has 0 N–H and O–H groups in total. The van der Waals surface area contributed by atoms with Crippen LogP contribution in [0.5, 0.6) is 0 Å². The third-order valence-electron chi connectivity index (χ3n) is 2.38. The molecule has 6 nitrogen and oxygen atoms in total. The molecule has 1 aromatic rings. The van der Waals surface area contributed by atoms with Crippen molar-refractivity contribution in [2.45, 2.75) is 6.42 Å². The van der Waals surface area contributed by atoms with Crippen molar-refractivity contribution in [1.82, 2.24) is 14.5 Å². The van der Waals surface area contributed by atoms with Crippen LogP contribution < -0.4 is 0 Å². The van der Waals surface area contributed by atoms with Crippen LogP contribution >= 0.6 is 0 Å². The molecule has 92 valence electrons. The first-order valence-corrected chi connectivity index (χ1v) is 5.32. The maximum absolute atomic E-state index is 12.1. The summed E-state index contributed by atoms with van der Waals surface area (Å²) in [6.45, 7) is 1.33. The molecule has 6 heteroatoms. The van der Waals surface area contributed by atoms with Gasteiger partial charge in [0.25, 0.3) is 5.91 Å². The van der Waals surface area contributed by atoms with Crippen molar-refractivity contribution in [3.8, 4) is 6.07 Å². The molecule has 17 heavy (non-hydrogen) atoms. The van der Waals surface area contributed by atoms with Gasteiger partial charge in [-0.05, 0) is 0 Å². The van der Waals surface area contributed by atoms with E-state index in [0.717, 1.165) is 0 Å². The Bertz CT molecular complexity index is 408. The number of aryl methyl sites for hydroxylation is 1. The minimum atomic E-state index is -0.127. The first-order chi connectivity index (χ1) is 8.20. The quantitative estimate of drug-likeness (QED) is 0.717. The number of hydrogen-bond donors (Lipinski definition) is 0. The van der Waals surface area contributed by atoms with Gasteiger partial charge in [0.2, 0.25) is 0 Å². The summed E-state index contributed by atoms with van der Waals surface area (Å²) in [5.41, 5.74) is 0.513. The summed E-state index contributed by atoms with van der Waals surface area (Å²) in [7, 11) is 3.34. The Kier molecular flexibility index (Phi) is 5.17. The van der Waals surface area contributed by atoms with Crippen molar-refractivity contribution in [2.24, 2.45) is 7.05 Å². The number of nitriles is 1. The highest BCUT2D eigenvalue weighted by Gasteiger charge is 2.17. The summed E-state index contributed by atoms with van der Waals surface area (Å²) in [6.07, 6.45) is 3.41. The van der Waals surface area contributed by atoms with E-state index in [9.17, 15) is 4.79 Å². The number of ether oxygens (including phenoxy) is 1. The zero-order valence-corrected chi connectivity index (χ0v) is 10.1. The highest BCUT2D eigenvalue weighted by atomic mass is 16.5. The van der Waals surface area contributed by atoms with Crippen molar-refractivity contribution >= 4 is 5.91 Å². The standard InChI is InChI=1S/C11H16N4O2/c1-14-9-13-8-10(14)11(16)15(5-3-4-12)6-7-17-2/h8-9H,3,5-7H2,1-2H3. The number of rotatable bonds is 6. The molecular formula is C11H16N4O2. The van der Waals surface area contributed by atoms with Crippen LogP contribution in [0.3, 0.4) is 0 Å². The molecule has 0 aliphatic heterocycles. The molecule has 0 radical (unpaired) electrons. The third kappa shape index (κ3) is 3.57. The van der Waals surface area contributed by atoms with Crippen molar-refractivity contribution < 1.29 is 9.53 Å². The lowest BCUT2D eigenvalue weighted by Crippen LogP contribution is -2.35. The van der Waals surface area contributed by atoms with Gasteiger partial charge in [-0.1, -0.05) is 0 Å². The number of amides is 1. The van der Waals surface area contributed by atoms with E-state index in [-0.39, 0.29) is 5.91 Å². The van der Waals surface area contributed by atoms with E-state index in [1.54, 1.807) is 30.0 Å². The van der Waals surface area contributed by atoms with Crippen LogP contribution in [-0.4, -0.2) is 47.2 Å². The van der Waals surface area contributed by atoms with Crippen molar-refractivity contribution in [2.75, 3.05) is 26.8 Å². The largest absolute Gasteiger partial charge is 0.383 e. The van der Waals surface area contributed by atoms with Gasteiger partial charge in [-0.2, -0.15) is 5.26 Å². The summed E-state index contributed by atoms with van der Waals surface area (Å²) in [6, 6.07) is 2.03. The van der Waals surface area contributed by atoms with Gasteiger partial charge in [0, 0.05) is 27.2 Å². The van der Waals surface area contributed by atoms with E-state index in [4.69, 9.17) is 10.00 Å². The summed E-state index contributed by atoms with van der Waals surface area (Å²) >= 11 is 0. The molecule has 0 aliphatic rings. The fourth-order valence-electron chi connectivity index (χ4n) is 1.43. The van der Waals surface area contributed by atoms with Crippen LogP contribution in [0.25, 0.3) is 0 Å². The molecule has 1 heterocycles. The molecule has 1 amide bonds. The van der Waals surface area contributed by atoms with Crippen LogP contribution in [0.2, 0.25) is 0 Å².